The van der Waals surface area contributed by atoms with Gasteiger partial charge < -0.3 is 10.2 Å². The number of rotatable bonds is 4. The number of hydrogen-bond donors (Lipinski definition) is 1. The highest BCUT2D eigenvalue weighted by atomic mass is 79.9. The largest absolute Gasteiger partial charge is 0.316 e. The molecule has 1 unspecified atom stereocenters. The summed E-state index contributed by atoms with van der Waals surface area (Å²) in [5.74, 6) is -0.102. The number of hydrogen-bond acceptors (Lipinski definition) is 3. The molecule has 0 amide bonds. The fourth-order valence-corrected chi connectivity index (χ4v) is 3.96. The van der Waals surface area contributed by atoms with E-state index in [4.69, 9.17) is 0 Å². The van der Waals surface area contributed by atoms with Gasteiger partial charge in [0.25, 0.3) is 0 Å². The van der Waals surface area contributed by atoms with Crippen LogP contribution < -0.4 is 5.32 Å². The van der Waals surface area contributed by atoms with Crippen LogP contribution in [-0.2, 0) is 6.54 Å². The molecule has 2 saturated heterocycles. The van der Waals surface area contributed by atoms with Gasteiger partial charge in [0.2, 0.25) is 0 Å². The molecule has 1 aromatic rings. The summed E-state index contributed by atoms with van der Waals surface area (Å²) >= 11 is 3.43. The SMILES string of the molecule is CC1(CN2CCN(Cc3cc(Br)ccc3F)CC2)CCNC1. The van der Waals surface area contributed by atoms with Crippen LogP contribution in [0, 0.1) is 11.2 Å². The van der Waals surface area contributed by atoms with Gasteiger partial charge in [0.1, 0.15) is 5.82 Å². The summed E-state index contributed by atoms with van der Waals surface area (Å²) < 4.78 is 14.8. The minimum atomic E-state index is -0.102. The molecule has 0 aromatic heterocycles. The fraction of sp³-hybridized carbons (Fsp3) is 0.647. The van der Waals surface area contributed by atoms with Crippen LogP contribution in [0.1, 0.15) is 18.9 Å². The lowest BCUT2D eigenvalue weighted by Gasteiger charge is -2.38. The van der Waals surface area contributed by atoms with Crippen LogP contribution in [0.4, 0.5) is 4.39 Å². The fourth-order valence-electron chi connectivity index (χ4n) is 3.55. The maximum Gasteiger partial charge on any atom is 0.127 e. The third-order valence-corrected chi connectivity index (χ3v) is 5.42. The first-order chi connectivity index (χ1) is 10.5. The van der Waals surface area contributed by atoms with Crippen molar-refractivity contribution < 1.29 is 4.39 Å². The summed E-state index contributed by atoms with van der Waals surface area (Å²) in [6.45, 7) is 10.8. The van der Waals surface area contributed by atoms with E-state index in [2.05, 4.69) is 38.0 Å². The second-order valence-corrected chi connectivity index (χ2v) is 7.94. The van der Waals surface area contributed by atoms with Crippen LogP contribution in [0.15, 0.2) is 22.7 Å². The minimum Gasteiger partial charge on any atom is -0.316 e. The first-order valence-electron chi connectivity index (χ1n) is 8.13. The molecule has 1 atom stereocenters. The monoisotopic (exact) mass is 369 g/mol. The smallest absolute Gasteiger partial charge is 0.127 e. The molecule has 1 aromatic carbocycles. The number of nitrogens with one attached hydrogen (secondary N) is 1. The zero-order chi connectivity index (χ0) is 15.6. The number of halogens is 2. The van der Waals surface area contributed by atoms with Crippen LogP contribution >= 0.6 is 15.9 Å². The van der Waals surface area contributed by atoms with Crippen LogP contribution in [-0.4, -0.2) is 55.6 Å². The van der Waals surface area contributed by atoms with Crippen LogP contribution in [0.25, 0.3) is 0 Å². The van der Waals surface area contributed by atoms with Crippen LogP contribution in [0.2, 0.25) is 0 Å². The lowest BCUT2D eigenvalue weighted by molar-refractivity contribution is 0.0927. The van der Waals surface area contributed by atoms with Crippen LogP contribution in [0.3, 0.4) is 0 Å². The molecule has 0 bridgehead atoms. The second kappa shape index (κ2) is 6.95. The van der Waals surface area contributed by atoms with E-state index in [1.165, 1.54) is 13.0 Å². The van der Waals surface area contributed by atoms with Crippen molar-refractivity contribution in [1.82, 2.24) is 15.1 Å². The highest BCUT2D eigenvalue weighted by Crippen LogP contribution is 2.26. The van der Waals surface area contributed by atoms with Gasteiger partial charge >= 0.3 is 0 Å². The van der Waals surface area contributed by atoms with Gasteiger partial charge in [-0.05, 0) is 36.6 Å². The van der Waals surface area contributed by atoms with E-state index in [1.807, 2.05) is 6.07 Å². The summed E-state index contributed by atoms with van der Waals surface area (Å²) in [4.78, 5) is 4.93. The van der Waals surface area contributed by atoms with Gasteiger partial charge in [0, 0.05) is 55.8 Å². The molecule has 2 heterocycles. The Hall–Kier alpha value is -0.490. The minimum absolute atomic E-state index is 0.102. The van der Waals surface area contributed by atoms with Gasteiger partial charge in [-0.1, -0.05) is 22.9 Å². The number of piperazine rings is 1. The second-order valence-electron chi connectivity index (χ2n) is 7.03. The van der Waals surface area contributed by atoms with E-state index in [0.29, 0.717) is 12.0 Å². The van der Waals surface area contributed by atoms with Crippen molar-refractivity contribution >= 4 is 15.9 Å². The van der Waals surface area contributed by atoms with E-state index >= 15 is 0 Å². The molecule has 0 saturated carbocycles. The first-order valence-corrected chi connectivity index (χ1v) is 8.93. The third-order valence-electron chi connectivity index (χ3n) is 4.93. The maximum absolute atomic E-state index is 13.9. The molecule has 2 fully saturated rings. The summed E-state index contributed by atoms with van der Waals surface area (Å²) in [7, 11) is 0. The van der Waals surface area contributed by atoms with Crippen LogP contribution in [0.5, 0.6) is 0 Å². The highest BCUT2D eigenvalue weighted by molar-refractivity contribution is 9.10. The van der Waals surface area contributed by atoms with E-state index < -0.39 is 0 Å². The van der Waals surface area contributed by atoms with Crippen molar-refractivity contribution in [2.24, 2.45) is 5.41 Å². The van der Waals surface area contributed by atoms with Gasteiger partial charge in [-0.25, -0.2) is 4.39 Å². The predicted molar refractivity (Wildman–Crippen MR) is 91.4 cm³/mol. The average molecular weight is 370 g/mol. The Morgan fingerprint density at radius 1 is 1.23 bits per heavy atom. The van der Waals surface area contributed by atoms with E-state index in [-0.39, 0.29) is 5.82 Å². The molecule has 0 aliphatic carbocycles. The predicted octanol–water partition coefficient (Wildman–Crippen LogP) is 2.71. The molecule has 5 heteroatoms. The Bertz CT molecular complexity index is 509. The van der Waals surface area contributed by atoms with E-state index in [0.717, 1.165) is 49.3 Å². The van der Waals surface area contributed by atoms with Crippen molar-refractivity contribution in [2.45, 2.75) is 19.9 Å². The summed E-state index contributed by atoms with van der Waals surface area (Å²) in [5.41, 5.74) is 1.22. The number of benzene rings is 1. The van der Waals surface area contributed by atoms with Gasteiger partial charge in [0.05, 0.1) is 0 Å². The average Bonchev–Trinajstić information content (AvgIpc) is 2.91. The summed E-state index contributed by atoms with van der Waals surface area (Å²) in [6, 6.07) is 5.20. The molecule has 1 N–H and O–H groups in total. The Morgan fingerprint density at radius 3 is 2.64 bits per heavy atom. The Balaban J connectivity index is 1.50. The Kier molecular flexibility index (Phi) is 5.17. The lowest BCUT2D eigenvalue weighted by Crippen LogP contribution is -2.49. The molecule has 2 aliphatic rings. The van der Waals surface area contributed by atoms with Crippen molar-refractivity contribution in [3.05, 3.63) is 34.1 Å². The molecule has 22 heavy (non-hydrogen) atoms. The van der Waals surface area contributed by atoms with Crippen molar-refractivity contribution in [3.63, 3.8) is 0 Å². The highest BCUT2D eigenvalue weighted by Gasteiger charge is 2.31. The molecular formula is C17H25BrFN3. The van der Waals surface area contributed by atoms with Crippen molar-refractivity contribution in [2.75, 3.05) is 45.8 Å². The van der Waals surface area contributed by atoms with Gasteiger partial charge in [-0.15, -0.1) is 0 Å². The first kappa shape index (κ1) is 16.4. The summed E-state index contributed by atoms with van der Waals surface area (Å²) in [5, 5.41) is 3.47. The Labute approximate surface area is 141 Å². The third kappa shape index (κ3) is 4.07. The van der Waals surface area contributed by atoms with E-state index in [1.54, 1.807) is 12.1 Å². The maximum atomic E-state index is 13.9. The van der Waals surface area contributed by atoms with E-state index in [9.17, 15) is 4.39 Å². The summed E-state index contributed by atoms with van der Waals surface area (Å²) in [6.07, 6.45) is 1.27. The Morgan fingerprint density at radius 2 is 1.95 bits per heavy atom. The topological polar surface area (TPSA) is 18.5 Å². The zero-order valence-corrected chi connectivity index (χ0v) is 14.8. The molecule has 2 aliphatic heterocycles. The normalized spacial score (nSPS) is 27.4. The zero-order valence-electron chi connectivity index (χ0n) is 13.2. The molecule has 0 radical (unpaired) electrons. The van der Waals surface area contributed by atoms with Crippen molar-refractivity contribution in [1.29, 1.82) is 0 Å². The number of nitrogens with zero attached hydrogens (tertiary/aromatic N) is 2. The van der Waals surface area contributed by atoms with Gasteiger partial charge in [-0.2, -0.15) is 0 Å². The molecule has 3 nitrogen and oxygen atoms in total. The molecular weight excluding hydrogens is 345 g/mol. The molecule has 122 valence electrons. The molecule has 0 spiro atoms. The van der Waals surface area contributed by atoms with Gasteiger partial charge in [0.15, 0.2) is 0 Å². The molecule has 3 rings (SSSR count). The quantitative estimate of drug-likeness (QED) is 0.879. The van der Waals surface area contributed by atoms with Crippen molar-refractivity contribution in [3.8, 4) is 0 Å². The lowest BCUT2D eigenvalue weighted by atomic mass is 9.89. The van der Waals surface area contributed by atoms with Gasteiger partial charge in [-0.3, -0.25) is 4.90 Å². The standard InChI is InChI=1S/C17H25BrFN3/c1-17(4-5-20-12-17)13-22-8-6-21(7-9-22)11-14-10-15(18)2-3-16(14)19/h2-3,10,20H,4-9,11-13H2,1H3.